The van der Waals surface area contributed by atoms with Crippen molar-refractivity contribution in [3.63, 3.8) is 0 Å². The van der Waals surface area contributed by atoms with Gasteiger partial charge in [0, 0.05) is 25.5 Å². The quantitative estimate of drug-likeness (QED) is 0.222. The lowest BCUT2D eigenvalue weighted by atomic mass is 10.00. The first-order valence-electron chi connectivity index (χ1n) is 10.3. The maximum Gasteiger partial charge on any atom is 0.335 e. The maximum atomic E-state index is 14.7. The molecule has 10 heteroatoms. The molecular weight excluding hydrogens is 512 g/mol. The third kappa shape index (κ3) is 4.68. The molecule has 0 atom stereocenters. The number of rotatable bonds is 7. The van der Waals surface area contributed by atoms with Gasteiger partial charge in [-0.05, 0) is 46.2 Å². The van der Waals surface area contributed by atoms with Crippen LogP contribution in [0.4, 0.5) is 8.78 Å². The molecule has 2 aromatic carbocycles. The van der Waals surface area contributed by atoms with E-state index in [4.69, 9.17) is 4.74 Å². The fourth-order valence-electron chi connectivity index (χ4n) is 3.49. The molecule has 0 bridgehead atoms. The van der Waals surface area contributed by atoms with Crippen LogP contribution in [0.1, 0.15) is 10.4 Å². The number of nitrogens with zero attached hydrogens (tertiary/aromatic N) is 3. The van der Waals surface area contributed by atoms with Gasteiger partial charge < -0.3 is 9.84 Å². The minimum absolute atomic E-state index is 0.0103. The van der Waals surface area contributed by atoms with Gasteiger partial charge in [0.25, 0.3) is 0 Å². The van der Waals surface area contributed by atoms with E-state index in [0.717, 1.165) is 18.2 Å². The Morgan fingerprint density at radius 3 is 2.45 bits per heavy atom. The molecule has 1 N–H and O–H groups in total. The fourth-order valence-corrected chi connectivity index (χ4v) is 4.71. The lowest BCUT2D eigenvalue weighted by Crippen LogP contribution is -2.22. The van der Waals surface area contributed by atoms with Gasteiger partial charge in [-0.2, -0.15) is 5.10 Å². The number of benzene rings is 2. The molecule has 4 aromatic rings. The van der Waals surface area contributed by atoms with E-state index >= 15 is 0 Å². The number of aromatic nitrogens is 3. The highest BCUT2D eigenvalue weighted by Gasteiger charge is 2.22. The van der Waals surface area contributed by atoms with Crippen molar-refractivity contribution in [1.29, 1.82) is 0 Å². The minimum Gasteiger partial charge on any atom is -0.478 e. The lowest BCUT2D eigenvalue weighted by Gasteiger charge is -2.15. The zero-order valence-corrected chi connectivity index (χ0v) is 20.9. The molecule has 0 radical (unpaired) electrons. The molecule has 0 unspecified atom stereocenters. The molecule has 0 saturated heterocycles. The zero-order chi connectivity index (χ0) is 23.9. The number of carboxylic acids is 1. The summed E-state index contributed by atoms with van der Waals surface area (Å²) in [5.41, 5.74) is 0.545. The largest absolute Gasteiger partial charge is 0.478 e. The van der Waals surface area contributed by atoms with E-state index in [1.54, 1.807) is 10.7 Å². The number of pyridine rings is 1. The van der Waals surface area contributed by atoms with Crippen LogP contribution in [0.2, 0.25) is 25.7 Å². The van der Waals surface area contributed by atoms with Crippen LogP contribution in [0.15, 0.2) is 41.0 Å². The Balaban J connectivity index is 1.90. The normalized spacial score (nSPS) is 12.1. The van der Waals surface area contributed by atoms with E-state index in [1.165, 1.54) is 18.2 Å². The molecule has 0 saturated carbocycles. The topological polar surface area (TPSA) is 77.2 Å². The van der Waals surface area contributed by atoms with Crippen LogP contribution >= 0.6 is 15.9 Å². The summed E-state index contributed by atoms with van der Waals surface area (Å²) < 4.78 is 37.3. The van der Waals surface area contributed by atoms with Crippen LogP contribution in [-0.2, 0) is 11.5 Å². The molecule has 6 nitrogen and oxygen atoms in total. The van der Waals surface area contributed by atoms with E-state index in [0.29, 0.717) is 33.0 Å². The summed E-state index contributed by atoms with van der Waals surface area (Å²) in [5.74, 6) is -2.73. The first kappa shape index (κ1) is 23.5. The number of halogens is 3. The molecule has 0 aliphatic heterocycles. The molecule has 0 amide bonds. The molecule has 0 fully saturated rings. The third-order valence-electron chi connectivity index (χ3n) is 5.28. The highest BCUT2D eigenvalue weighted by Crippen LogP contribution is 2.37. The van der Waals surface area contributed by atoms with Gasteiger partial charge in [-0.3, -0.25) is 0 Å². The second-order valence-electron chi connectivity index (χ2n) is 8.96. The van der Waals surface area contributed by atoms with Crippen molar-refractivity contribution in [2.75, 3.05) is 6.61 Å². The van der Waals surface area contributed by atoms with E-state index in [2.05, 4.69) is 45.7 Å². The van der Waals surface area contributed by atoms with Gasteiger partial charge >= 0.3 is 5.97 Å². The Morgan fingerprint density at radius 1 is 1.12 bits per heavy atom. The predicted octanol–water partition coefficient (Wildman–Crippen LogP) is 6.30. The van der Waals surface area contributed by atoms with E-state index in [1.807, 2.05) is 0 Å². The van der Waals surface area contributed by atoms with Crippen molar-refractivity contribution in [3.8, 4) is 11.3 Å². The second kappa shape index (κ2) is 8.92. The minimum atomic E-state index is -1.25. The second-order valence-corrected chi connectivity index (χ2v) is 15.3. The van der Waals surface area contributed by atoms with Crippen molar-refractivity contribution in [2.24, 2.45) is 0 Å². The van der Waals surface area contributed by atoms with Crippen molar-refractivity contribution in [1.82, 2.24) is 14.8 Å². The molecule has 33 heavy (non-hydrogen) atoms. The number of fused-ring (bicyclic) bond motifs is 3. The molecule has 172 valence electrons. The van der Waals surface area contributed by atoms with Crippen LogP contribution in [0.3, 0.4) is 0 Å². The Labute approximate surface area is 198 Å². The van der Waals surface area contributed by atoms with E-state index < -0.39 is 25.7 Å². The molecule has 0 aliphatic rings. The maximum absolute atomic E-state index is 14.7. The number of carbonyl (C=O) groups is 1. The number of carboxylic acid groups (broad SMARTS) is 1. The van der Waals surface area contributed by atoms with E-state index in [9.17, 15) is 18.7 Å². The number of hydrogen-bond donors (Lipinski definition) is 1. The van der Waals surface area contributed by atoms with Crippen LogP contribution in [0.25, 0.3) is 33.1 Å². The molecule has 2 aromatic heterocycles. The number of ether oxygens (including phenoxy) is 1. The molecule has 0 spiro atoms. The Kier molecular flexibility index (Phi) is 6.34. The Hall–Kier alpha value is -2.69. The summed E-state index contributed by atoms with van der Waals surface area (Å²) in [6.45, 7) is 7.57. The van der Waals surface area contributed by atoms with Gasteiger partial charge in [-0.25, -0.2) is 23.2 Å². The zero-order valence-electron chi connectivity index (χ0n) is 18.3. The van der Waals surface area contributed by atoms with Crippen molar-refractivity contribution < 1.29 is 23.4 Å². The van der Waals surface area contributed by atoms with Crippen LogP contribution in [-0.4, -0.2) is 40.5 Å². The molecule has 2 heterocycles. The molecule has 0 aliphatic carbocycles. The Bertz CT molecular complexity index is 1370. The van der Waals surface area contributed by atoms with Gasteiger partial charge in [0.05, 0.1) is 16.8 Å². The first-order valence-corrected chi connectivity index (χ1v) is 14.8. The Morgan fingerprint density at radius 2 is 1.82 bits per heavy atom. The summed E-state index contributed by atoms with van der Waals surface area (Å²) in [6, 6.07) is 8.93. The predicted molar refractivity (Wildman–Crippen MR) is 129 cm³/mol. The summed E-state index contributed by atoms with van der Waals surface area (Å²) in [6.07, 6.45) is 0. The van der Waals surface area contributed by atoms with Gasteiger partial charge in [-0.1, -0.05) is 31.8 Å². The van der Waals surface area contributed by atoms with Gasteiger partial charge in [-0.15, -0.1) is 0 Å². The van der Waals surface area contributed by atoms with Crippen LogP contribution < -0.4 is 0 Å². The van der Waals surface area contributed by atoms with Crippen LogP contribution in [0.5, 0.6) is 0 Å². The fraction of sp³-hybridized carbons (Fsp3) is 0.261. The van der Waals surface area contributed by atoms with Gasteiger partial charge in [0.2, 0.25) is 0 Å². The average Bonchev–Trinajstić information content (AvgIpc) is 3.06. The summed E-state index contributed by atoms with van der Waals surface area (Å²) in [7, 11) is -1.25. The van der Waals surface area contributed by atoms with Crippen molar-refractivity contribution in [2.45, 2.75) is 32.4 Å². The highest BCUT2D eigenvalue weighted by atomic mass is 79.9. The average molecular weight is 534 g/mol. The smallest absolute Gasteiger partial charge is 0.335 e. The highest BCUT2D eigenvalue weighted by molar-refractivity contribution is 9.10. The van der Waals surface area contributed by atoms with Crippen molar-refractivity contribution in [3.05, 3.63) is 58.2 Å². The number of hydrogen-bond acceptors (Lipinski definition) is 4. The first-order chi connectivity index (χ1) is 15.6. The third-order valence-corrected chi connectivity index (χ3v) is 7.77. The summed E-state index contributed by atoms with van der Waals surface area (Å²) in [4.78, 5) is 16.1. The number of aromatic carboxylic acids is 1. The van der Waals surface area contributed by atoms with Gasteiger partial charge in [0.15, 0.2) is 0 Å². The summed E-state index contributed by atoms with van der Waals surface area (Å²) in [5, 5.41) is 14.9. The molecule has 4 rings (SSSR count). The van der Waals surface area contributed by atoms with Crippen molar-refractivity contribution >= 4 is 51.8 Å². The van der Waals surface area contributed by atoms with Gasteiger partial charge in [0.1, 0.15) is 34.0 Å². The standard InChI is InChI=1S/C23H22BrF2N3O3Si/c1-33(2,3)10-9-32-12-29-22(24)21-20(28-29)14-8-7-13(23(30)31)11-15(14)19(27-21)18-16(25)5-4-6-17(18)26/h4-8,11H,9-10,12H2,1-3H3,(H,30,31). The molecular formula is C23H22BrF2N3O3Si. The summed E-state index contributed by atoms with van der Waals surface area (Å²) >= 11 is 3.50. The monoisotopic (exact) mass is 533 g/mol. The lowest BCUT2D eigenvalue weighted by molar-refractivity contribution is 0.0697. The SMILES string of the molecule is C[Si](C)(C)CCOCn1nc2c(nc(-c3c(F)cccc3F)c3cc(C(=O)O)ccc32)c1Br. The van der Waals surface area contributed by atoms with E-state index in [-0.39, 0.29) is 23.6 Å². The van der Waals surface area contributed by atoms with Crippen LogP contribution in [0, 0.1) is 11.6 Å².